The van der Waals surface area contributed by atoms with Crippen LogP contribution in [0.5, 0.6) is 5.75 Å². The molecule has 1 aliphatic rings. The molecule has 1 aromatic carbocycles. The first-order valence-corrected chi connectivity index (χ1v) is 6.16. The Balaban J connectivity index is 1.72. The third-order valence-corrected chi connectivity index (χ3v) is 2.84. The van der Waals surface area contributed by atoms with Gasteiger partial charge in [0.25, 0.3) is 0 Å². The minimum Gasteiger partial charge on any atom is -0.493 e. The van der Waals surface area contributed by atoms with Crippen molar-refractivity contribution in [3.8, 4) is 5.75 Å². The molecule has 0 spiro atoms. The summed E-state index contributed by atoms with van der Waals surface area (Å²) >= 11 is 0. The van der Waals surface area contributed by atoms with Gasteiger partial charge >= 0.3 is 0 Å². The summed E-state index contributed by atoms with van der Waals surface area (Å²) in [6.07, 6.45) is 8.13. The lowest BCUT2D eigenvalue weighted by Gasteiger charge is -2.04. The molecule has 0 unspecified atom stereocenters. The van der Waals surface area contributed by atoms with E-state index in [-0.39, 0.29) is 5.78 Å². The van der Waals surface area contributed by atoms with Crippen LogP contribution in [0.4, 0.5) is 0 Å². The van der Waals surface area contributed by atoms with Crippen LogP contribution in [0, 0.1) is 5.92 Å². The molecule has 90 valence electrons. The van der Waals surface area contributed by atoms with Gasteiger partial charge in [0.05, 0.1) is 6.61 Å². The van der Waals surface area contributed by atoms with Gasteiger partial charge in [-0.05, 0) is 56.4 Å². The third-order valence-electron chi connectivity index (χ3n) is 2.84. The zero-order valence-electron chi connectivity index (χ0n) is 10.2. The first-order valence-electron chi connectivity index (χ1n) is 6.16. The summed E-state index contributed by atoms with van der Waals surface area (Å²) in [6, 6.07) is 7.30. The average molecular weight is 230 g/mol. The van der Waals surface area contributed by atoms with Crippen LogP contribution in [0.2, 0.25) is 0 Å². The standard InChI is InChI=1S/C15H18O2/c1-12(16)14-7-9-15(10-8-14)17-11-3-2-4-13-5-6-13/h2,4,7-10,13H,3,5-6,11H2,1H3/b4-2+. The average Bonchev–Trinajstić information content (AvgIpc) is 3.13. The smallest absolute Gasteiger partial charge is 0.159 e. The Morgan fingerprint density at radius 3 is 2.65 bits per heavy atom. The van der Waals surface area contributed by atoms with Gasteiger partial charge in [0.15, 0.2) is 5.78 Å². The normalized spacial score (nSPS) is 15.1. The summed E-state index contributed by atoms with van der Waals surface area (Å²) in [5, 5.41) is 0. The number of rotatable bonds is 6. The van der Waals surface area contributed by atoms with Gasteiger partial charge in [0, 0.05) is 5.56 Å². The van der Waals surface area contributed by atoms with Gasteiger partial charge < -0.3 is 4.74 Å². The molecule has 2 rings (SSSR count). The van der Waals surface area contributed by atoms with Crippen LogP contribution in [-0.4, -0.2) is 12.4 Å². The molecular formula is C15H18O2. The Kier molecular flexibility index (Phi) is 3.97. The van der Waals surface area contributed by atoms with Crippen LogP contribution < -0.4 is 4.74 Å². The Morgan fingerprint density at radius 2 is 2.06 bits per heavy atom. The highest BCUT2D eigenvalue weighted by atomic mass is 16.5. The van der Waals surface area contributed by atoms with E-state index in [0.717, 1.165) is 23.7 Å². The molecule has 1 fully saturated rings. The fourth-order valence-electron chi connectivity index (χ4n) is 1.61. The molecule has 1 saturated carbocycles. The van der Waals surface area contributed by atoms with E-state index in [9.17, 15) is 4.79 Å². The van der Waals surface area contributed by atoms with E-state index in [4.69, 9.17) is 4.74 Å². The third kappa shape index (κ3) is 4.06. The minimum atomic E-state index is 0.0870. The van der Waals surface area contributed by atoms with E-state index in [1.54, 1.807) is 19.1 Å². The van der Waals surface area contributed by atoms with Crippen molar-refractivity contribution in [2.45, 2.75) is 26.2 Å². The predicted molar refractivity (Wildman–Crippen MR) is 68.4 cm³/mol. The number of ketones is 1. The maximum atomic E-state index is 11.1. The highest BCUT2D eigenvalue weighted by Gasteiger charge is 2.16. The highest BCUT2D eigenvalue weighted by molar-refractivity contribution is 5.94. The number of carbonyl (C=O) groups excluding carboxylic acids is 1. The molecule has 0 radical (unpaired) electrons. The maximum absolute atomic E-state index is 11.1. The van der Waals surface area contributed by atoms with E-state index < -0.39 is 0 Å². The quantitative estimate of drug-likeness (QED) is 0.424. The van der Waals surface area contributed by atoms with Crippen molar-refractivity contribution in [1.82, 2.24) is 0 Å². The molecule has 1 aliphatic carbocycles. The molecule has 0 atom stereocenters. The molecule has 1 aromatic rings. The topological polar surface area (TPSA) is 26.3 Å². The van der Waals surface area contributed by atoms with Crippen LogP contribution in [0.15, 0.2) is 36.4 Å². The molecule has 0 heterocycles. The van der Waals surface area contributed by atoms with Gasteiger partial charge in [0.2, 0.25) is 0 Å². The van der Waals surface area contributed by atoms with Gasteiger partial charge in [-0.15, -0.1) is 0 Å². The number of ether oxygens (including phenoxy) is 1. The van der Waals surface area contributed by atoms with Gasteiger partial charge in [-0.3, -0.25) is 4.79 Å². The molecular weight excluding hydrogens is 212 g/mol. The summed E-state index contributed by atoms with van der Waals surface area (Å²) in [5.74, 6) is 1.75. The second-order valence-corrected chi connectivity index (χ2v) is 4.48. The fourth-order valence-corrected chi connectivity index (χ4v) is 1.61. The molecule has 17 heavy (non-hydrogen) atoms. The second-order valence-electron chi connectivity index (χ2n) is 4.48. The predicted octanol–water partition coefficient (Wildman–Crippen LogP) is 3.62. The van der Waals surface area contributed by atoms with E-state index in [0.29, 0.717) is 6.61 Å². The summed E-state index contributed by atoms with van der Waals surface area (Å²) in [4.78, 5) is 11.1. The van der Waals surface area contributed by atoms with Crippen LogP contribution in [-0.2, 0) is 0 Å². The molecule has 2 nitrogen and oxygen atoms in total. The van der Waals surface area contributed by atoms with Gasteiger partial charge in [0.1, 0.15) is 5.75 Å². The van der Waals surface area contributed by atoms with Crippen molar-refractivity contribution < 1.29 is 9.53 Å². The lowest BCUT2D eigenvalue weighted by molar-refractivity contribution is 0.101. The zero-order valence-corrected chi connectivity index (χ0v) is 10.2. The van der Waals surface area contributed by atoms with Crippen molar-refractivity contribution >= 4 is 5.78 Å². The lowest BCUT2D eigenvalue weighted by Crippen LogP contribution is -1.97. The Morgan fingerprint density at radius 1 is 1.35 bits per heavy atom. The SMILES string of the molecule is CC(=O)c1ccc(OCC/C=C/C2CC2)cc1. The van der Waals surface area contributed by atoms with Gasteiger partial charge in [-0.1, -0.05) is 12.2 Å². The lowest BCUT2D eigenvalue weighted by atomic mass is 10.1. The summed E-state index contributed by atoms with van der Waals surface area (Å²) in [7, 11) is 0. The van der Waals surface area contributed by atoms with Crippen LogP contribution in [0.25, 0.3) is 0 Å². The van der Waals surface area contributed by atoms with Gasteiger partial charge in [-0.25, -0.2) is 0 Å². The molecule has 0 N–H and O–H groups in total. The number of benzene rings is 1. The first-order chi connectivity index (χ1) is 8.25. The van der Waals surface area contributed by atoms with Crippen molar-refractivity contribution in [3.63, 3.8) is 0 Å². The summed E-state index contributed by atoms with van der Waals surface area (Å²) in [5.41, 5.74) is 0.728. The molecule has 0 bridgehead atoms. The van der Waals surface area contributed by atoms with E-state index in [1.165, 1.54) is 12.8 Å². The first kappa shape index (κ1) is 11.9. The molecule has 0 aromatic heterocycles. The number of hydrogen-bond donors (Lipinski definition) is 0. The highest BCUT2D eigenvalue weighted by Crippen LogP contribution is 2.30. The van der Waals surface area contributed by atoms with E-state index in [1.807, 2.05) is 12.1 Å². The Hall–Kier alpha value is -1.57. The summed E-state index contributed by atoms with van der Waals surface area (Å²) in [6.45, 7) is 2.27. The van der Waals surface area contributed by atoms with Gasteiger partial charge in [-0.2, -0.15) is 0 Å². The van der Waals surface area contributed by atoms with E-state index in [2.05, 4.69) is 12.2 Å². The Labute approximate surface area is 102 Å². The fraction of sp³-hybridized carbons (Fsp3) is 0.400. The van der Waals surface area contributed by atoms with Crippen LogP contribution in [0.3, 0.4) is 0 Å². The maximum Gasteiger partial charge on any atom is 0.159 e. The van der Waals surface area contributed by atoms with Crippen molar-refractivity contribution in [1.29, 1.82) is 0 Å². The van der Waals surface area contributed by atoms with Crippen molar-refractivity contribution in [2.75, 3.05) is 6.61 Å². The monoisotopic (exact) mass is 230 g/mol. The van der Waals surface area contributed by atoms with Crippen molar-refractivity contribution in [2.24, 2.45) is 5.92 Å². The second kappa shape index (κ2) is 5.67. The zero-order chi connectivity index (χ0) is 12.1. The van der Waals surface area contributed by atoms with Crippen LogP contribution >= 0.6 is 0 Å². The summed E-state index contributed by atoms with van der Waals surface area (Å²) < 4.78 is 5.58. The number of Topliss-reactive ketones (excluding diaryl/α,β-unsaturated/α-hetero) is 1. The van der Waals surface area contributed by atoms with Crippen LogP contribution in [0.1, 0.15) is 36.5 Å². The molecule has 0 aliphatic heterocycles. The number of hydrogen-bond acceptors (Lipinski definition) is 2. The molecule has 0 amide bonds. The van der Waals surface area contributed by atoms with Crippen molar-refractivity contribution in [3.05, 3.63) is 42.0 Å². The number of carbonyl (C=O) groups is 1. The minimum absolute atomic E-state index is 0.0870. The largest absolute Gasteiger partial charge is 0.493 e. The number of allylic oxidation sites excluding steroid dienone is 1. The Bertz CT molecular complexity index is 399. The molecule has 0 saturated heterocycles. The van der Waals surface area contributed by atoms with E-state index >= 15 is 0 Å². The molecule has 2 heteroatoms.